The zero-order valence-electron chi connectivity index (χ0n) is 12.3. The summed E-state index contributed by atoms with van der Waals surface area (Å²) in [6.07, 6.45) is 3.06. The molecule has 22 heavy (non-hydrogen) atoms. The molecular formula is C17H17ClN2OS. The molecule has 0 fully saturated rings. The highest BCUT2D eigenvalue weighted by Gasteiger charge is 2.33. The van der Waals surface area contributed by atoms with Crippen LogP contribution in [0.2, 0.25) is 5.02 Å². The van der Waals surface area contributed by atoms with Crippen LogP contribution in [0, 0.1) is 5.92 Å². The molecule has 2 unspecified atom stereocenters. The Hall–Kier alpha value is -1.52. The summed E-state index contributed by atoms with van der Waals surface area (Å²) in [5.41, 5.74) is 3.10. The maximum atomic E-state index is 12.6. The summed E-state index contributed by atoms with van der Waals surface area (Å²) < 4.78 is 0. The van der Waals surface area contributed by atoms with Gasteiger partial charge in [0.15, 0.2) is 0 Å². The number of nitrogens with one attached hydrogen (secondary N) is 2. The molecule has 0 spiro atoms. The fraction of sp³-hybridized carbons (Fsp3) is 0.353. The first kappa shape index (κ1) is 14.1. The first-order valence-corrected chi connectivity index (χ1v) is 8.78. The van der Waals surface area contributed by atoms with E-state index in [-0.39, 0.29) is 12.1 Å². The number of thiophene rings is 1. The van der Waals surface area contributed by atoms with Crippen LogP contribution in [0.1, 0.15) is 45.9 Å². The number of anilines is 1. The van der Waals surface area contributed by atoms with Crippen LogP contribution in [0.3, 0.4) is 0 Å². The van der Waals surface area contributed by atoms with E-state index < -0.39 is 0 Å². The lowest BCUT2D eigenvalue weighted by Gasteiger charge is -2.27. The van der Waals surface area contributed by atoms with E-state index in [0.717, 1.165) is 29.0 Å². The Balaban J connectivity index is 1.71. The lowest BCUT2D eigenvalue weighted by Crippen LogP contribution is -2.38. The van der Waals surface area contributed by atoms with E-state index in [1.165, 1.54) is 16.9 Å². The number of halogens is 1. The average molecular weight is 333 g/mol. The summed E-state index contributed by atoms with van der Waals surface area (Å²) in [4.78, 5) is 14.0. The van der Waals surface area contributed by atoms with Crippen LogP contribution in [0.15, 0.2) is 24.3 Å². The number of amides is 1. The van der Waals surface area contributed by atoms with E-state index in [1.54, 1.807) is 11.3 Å². The molecule has 3 nitrogen and oxygen atoms in total. The second kappa shape index (κ2) is 5.28. The number of rotatable bonds is 1. The van der Waals surface area contributed by atoms with Crippen LogP contribution in [-0.4, -0.2) is 5.91 Å². The standard InChI is InChI=1S/C17H17ClN2OS/c1-9-5-6-12-13(7-9)22-17-14(12)16(21)19-15(20-17)10-3-2-4-11(18)8-10/h2-4,8-9,15,20H,5-7H2,1H3,(H,19,21). The number of carbonyl (C=O) groups is 1. The van der Waals surface area contributed by atoms with Gasteiger partial charge < -0.3 is 10.6 Å². The third kappa shape index (κ3) is 2.31. The minimum Gasteiger partial charge on any atom is -0.353 e. The van der Waals surface area contributed by atoms with E-state index in [4.69, 9.17) is 11.6 Å². The smallest absolute Gasteiger partial charge is 0.256 e. The van der Waals surface area contributed by atoms with Gasteiger partial charge in [-0.2, -0.15) is 0 Å². The molecule has 2 aliphatic rings. The van der Waals surface area contributed by atoms with Crippen LogP contribution in [-0.2, 0) is 12.8 Å². The van der Waals surface area contributed by atoms with Gasteiger partial charge in [0.05, 0.1) is 5.56 Å². The molecule has 0 saturated carbocycles. The quantitative estimate of drug-likeness (QED) is 0.813. The number of carbonyl (C=O) groups excluding carboxylic acids is 1. The Bertz CT molecular complexity index is 755. The highest BCUT2D eigenvalue weighted by Crippen LogP contribution is 2.42. The maximum Gasteiger partial charge on any atom is 0.256 e. The Morgan fingerprint density at radius 1 is 1.32 bits per heavy atom. The molecule has 2 heterocycles. The average Bonchev–Trinajstić information content (AvgIpc) is 2.84. The predicted octanol–water partition coefficient (Wildman–Crippen LogP) is 4.38. The van der Waals surface area contributed by atoms with Crippen LogP contribution in [0.5, 0.6) is 0 Å². The topological polar surface area (TPSA) is 41.1 Å². The van der Waals surface area contributed by atoms with Gasteiger partial charge >= 0.3 is 0 Å². The van der Waals surface area contributed by atoms with E-state index in [9.17, 15) is 4.79 Å². The number of hydrogen-bond acceptors (Lipinski definition) is 3. The number of hydrogen-bond donors (Lipinski definition) is 2. The molecule has 1 amide bonds. The molecule has 1 aliphatic heterocycles. The van der Waals surface area contributed by atoms with Gasteiger partial charge in [0, 0.05) is 9.90 Å². The van der Waals surface area contributed by atoms with Crippen LogP contribution in [0.4, 0.5) is 5.00 Å². The minimum absolute atomic E-state index is 0.0331. The van der Waals surface area contributed by atoms with Crippen molar-refractivity contribution in [1.29, 1.82) is 0 Å². The molecule has 1 aliphatic carbocycles. The van der Waals surface area contributed by atoms with E-state index in [0.29, 0.717) is 10.9 Å². The van der Waals surface area contributed by atoms with Crippen molar-refractivity contribution in [3.8, 4) is 0 Å². The molecule has 0 saturated heterocycles. The molecule has 4 rings (SSSR count). The molecule has 0 radical (unpaired) electrons. The zero-order valence-corrected chi connectivity index (χ0v) is 13.9. The van der Waals surface area contributed by atoms with Gasteiger partial charge in [-0.15, -0.1) is 11.3 Å². The van der Waals surface area contributed by atoms with Crippen LogP contribution >= 0.6 is 22.9 Å². The van der Waals surface area contributed by atoms with Crippen molar-refractivity contribution < 1.29 is 4.79 Å². The first-order chi connectivity index (χ1) is 10.6. The summed E-state index contributed by atoms with van der Waals surface area (Å²) in [6, 6.07) is 7.61. The third-order valence-electron chi connectivity index (χ3n) is 4.47. The summed E-state index contributed by atoms with van der Waals surface area (Å²) >= 11 is 7.80. The molecule has 2 N–H and O–H groups in total. The Morgan fingerprint density at radius 3 is 3.00 bits per heavy atom. The second-order valence-electron chi connectivity index (χ2n) is 6.16. The summed E-state index contributed by atoms with van der Waals surface area (Å²) in [5, 5.41) is 8.22. The van der Waals surface area contributed by atoms with Crippen molar-refractivity contribution in [2.24, 2.45) is 5.92 Å². The first-order valence-electron chi connectivity index (χ1n) is 7.59. The van der Waals surface area contributed by atoms with Gasteiger partial charge in [0.1, 0.15) is 11.2 Å². The minimum atomic E-state index is -0.212. The van der Waals surface area contributed by atoms with Gasteiger partial charge in [-0.3, -0.25) is 4.79 Å². The summed E-state index contributed by atoms with van der Waals surface area (Å²) in [5.74, 6) is 0.741. The van der Waals surface area contributed by atoms with E-state index >= 15 is 0 Å². The number of fused-ring (bicyclic) bond motifs is 3. The van der Waals surface area contributed by atoms with Gasteiger partial charge in [0.25, 0.3) is 5.91 Å². The van der Waals surface area contributed by atoms with Crippen molar-refractivity contribution in [3.05, 3.63) is 50.9 Å². The fourth-order valence-corrected chi connectivity index (χ4v) is 4.95. The summed E-state index contributed by atoms with van der Waals surface area (Å²) in [7, 11) is 0. The van der Waals surface area contributed by atoms with Crippen LogP contribution in [0.25, 0.3) is 0 Å². The van der Waals surface area contributed by atoms with E-state index in [1.807, 2.05) is 24.3 Å². The molecular weight excluding hydrogens is 316 g/mol. The Morgan fingerprint density at radius 2 is 2.18 bits per heavy atom. The molecule has 1 aromatic carbocycles. The molecule has 2 atom stereocenters. The largest absolute Gasteiger partial charge is 0.353 e. The summed E-state index contributed by atoms with van der Waals surface area (Å²) in [6.45, 7) is 2.28. The third-order valence-corrected chi connectivity index (χ3v) is 5.89. The Kier molecular flexibility index (Phi) is 3.39. The monoisotopic (exact) mass is 332 g/mol. The maximum absolute atomic E-state index is 12.6. The van der Waals surface area contributed by atoms with Gasteiger partial charge in [0.2, 0.25) is 0 Å². The molecule has 1 aromatic heterocycles. The molecule has 114 valence electrons. The van der Waals surface area contributed by atoms with Crippen molar-refractivity contribution in [2.75, 3.05) is 5.32 Å². The second-order valence-corrected chi connectivity index (χ2v) is 7.70. The highest BCUT2D eigenvalue weighted by atomic mass is 35.5. The van der Waals surface area contributed by atoms with Crippen LogP contribution < -0.4 is 10.6 Å². The SMILES string of the molecule is CC1CCc2c(sc3c2C(=O)NC(c2cccc(Cl)c2)N3)C1. The highest BCUT2D eigenvalue weighted by molar-refractivity contribution is 7.16. The van der Waals surface area contributed by atoms with Gasteiger partial charge in [-0.25, -0.2) is 0 Å². The molecule has 5 heteroatoms. The molecule has 0 bridgehead atoms. The predicted molar refractivity (Wildman–Crippen MR) is 90.8 cm³/mol. The zero-order chi connectivity index (χ0) is 15.3. The van der Waals surface area contributed by atoms with E-state index in [2.05, 4.69) is 17.6 Å². The van der Waals surface area contributed by atoms with Crippen molar-refractivity contribution >= 4 is 33.8 Å². The van der Waals surface area contributed by atoms with Crippen molar-refractivity contribution in [2.45, 2.75) is 32.4 Å². The van der Waals surface area contributed by atoms with Gasteiger partial charge in [-0.1, -0.05) is 30.7 Å². The van der Waals surface area contributed by atoms with Gasteiger partial charge in [-0.05, 0) is 48.4 Å². The van der Waals surface area contributed by atoms with Crippen molar-refractivity contribution in [1.82, 2.24) is 5.32 Å². The Labute approximate surface area is 138 Å². The normalized spacial score (nSPS) is 23.3. The van der Waals surface area contributed by atoms with Crippen molar-refractivity contribution in [3.63, 3.8) is 0 Å². The number of benzene rings is 1. The lowest BCUT2D eigenvalue weighted by molar-refractivity contribution is 0.0935. The molecule has 2 aromatic rings. The fourth-order valence-electron chi connectivity index (χ4n) is 3.32. The lowest BCUT2D eigenvalue weighted by atomic mass is 9.88.